The first-order valence-electron chi connectivity index (χ1n) is 6.56. The zero-order valence-corrected chi connectivity index (χ0v) is 11.6. The highest BCUT2D eigenvalue weighted by molar-refractivity contribution is 5.88. The minimum Gasteiger partial charge on any atom is -0.478 e. The van der Waals surface area contributed by atoms with Crippen molar-refractivity contribution < 1.29 is 24.2 Å². The first-order valence-corrected chi connectivity index (χ1v) is 6.56. The van der Waals surface area contributed by atoms with E-state index in [2.05, 4.69) is 0 Å². The molecule has 1 saturated heterocycles. The van der Waals surface area contributed by atoms with Gasteiger partial charge in [-0.2, -0.15) is 0 Å². The van der Waals surface area contributed by atoms with Crippen molar-refractivity contribution in [3.05, 3.63) is 34.9 Å². The monoisotopic (exact) mass is 278 g/mol. The number of carbonyl (C=O) groups is 2. The Morgan fingerprint density at radius 3 is 2.60 bits per heavy atom. The second-order valence-electron chi connectivity index (χ2n) is 5.09. The van der Waals surface area contributed by atoms with Gasteiger partial charge < -0.3 is 14.6 Å². The second kappa shape index (κ2) is 5.63. The average molecular weight is 278 g/mol. The molecule has 1 aromatic rings. The standard InChI is InChI=1S/C15H18O5/c1-3-20-13(16)7-15(8-19-9-15)12-6-11(14(17)18)5-4-10(12)2/h4-6H,3,7-9H2,1-2H3,(H,17,18). The van der Waals surface area contributed by atoms with E-state index >= 15 is 0 Å². The summed E-state index contributed by atoms with van der Waals surface area (Å²) in [6.45, 7) is 4.83. The maximum absolute atomic E-state index is 11.8. The number of aryl methyl sites for hydroxylation is 1. The average Bonchev–Trinajstić information content (AvgIpc) is 2.35. The molecule has 0 spiro atoms. The normalized spacial score (nSPS) is 16.3. The van der Waals surface area contributed by atoms with Gasteiger partial charge in [0.25, 0.3) is 0 Å². The molecule has 0 atom stereocenters. The quantitative estimate of drug-likeness (QED) is 0.833. The fraction of sp³-hybridized carbons (Fsp3) is 0.467. The van der Waals surface area contributed by atoms with Crippen molar-refractivity contribution in [3.8, 4) is 0 Å². The molecule has 20 heavy (non-hydrogen) atoms. The highest BCUT2D eigenvalue weighted by Crippen LogP contribution is 2.38. The van der Waals surface area contributed by atoms with Crippen LogP contribution in [0.3, 0.4) is 0 Å². The predicted octanol–water partition coefficient (Wildman–Crippen LogP) is 1.91. The first-order chi connectivity index (χ1) is 9.48. The Morgan fingerprint density at radius 2 is 2.10 bits per heavy atom. The van der Waals surface area contributed by atoms with E-state index in [4.69, 9.17) is 14.6 Å². The molecule has 0 aromatic heterocycles. The van der Waals surface area contributed by atoms with Crippen LogP contribution in [-0.2, 0) is 19.7 Å². The Kier molecular flexibility index (Phi) is 4.09. The van der Waals surface area contributed by atoms with Crippen molar-refractivity contribution in [2.24, 2.45) is 0 Å². The fourth-order valence-corrected chi connectivity index (χ4v) is 2.52. The van der Waals surface area contributed by atoms with Gasteiger partial charge in [-0.15, -0.1) is 0 Å². The molecule has 2 rings (SSSR count). The van der Waals surface area contributed by atoms with Crippen molar-refractivity contribution in [3.63, 3.8) is 0 Å². The van der Waals surface area contributed by atoms with Gasteiger partial charge >= 0.3 is 11.9 Å². The lowest BCUT2D eigenvalue weighted by Crippen LogP contribution is -2.49. The number of hydrogen-bond acceptors (Lipinski definition) is 4. The molecule has 0 aliphatic carbocycles. The van der Waals surface area contributed by atoms with Crippen molar-refractivity contribution >= 4 is 11.9 Å². The Hall–Kier alpha value is -1.88. The number of carboxylic acid groups (broad SMARTS) is 1. The number of carbonyl (C=O) groups excluding carboxylic acids is 1. The van der Waals surface area contributed by atoms with Gasteiger partial charge in [-0.1, -0.05) is 6.07 Å². The van der Waals surface area contributed by atoms with E-state index < -0.39 is 11.4 Å². The number of carboxylic acids is 1. The topological polar surface area (TPSA) is 72.8 Å². The molecular formula is C15H18O5. The van der Waals surface area contributed by atoms with E-state index in [-0.39, 0.29) is 18.0 Å². The van der Waals surface area contributed by atoms with Crippen LogP contribution in [0.2, 0.25) is 0 Å². The predicted molar refractivity (Wildman–Crippen MR) is 71.9 cm³/mol. The number of benzene rings is 1. The molecule has 108 valence electrons. The lowest BCUT2D eigenvalue weighted by Gasteiger charge is -2.42. The third kappa shape index (κ3) is 2.67. The molecule has 1 heterocycles. The number of hydrogen-bond donors (Lipinski definition) is 1. The molecule has 5 nitrogen and oxygen atoms in total. The maximum Gasteiger partial charge on any atom is 0.335 e. The van der Waals surface area contributed by atoms with Gasteiger partial charge in [0, 0.05) is 0 Å². The molecular weight excluding hydrogens is 260 g/mol. The van der Waals surface area contributed by atoms with Crippen molar-refractivity contribution in [2.75, 3.05) is 19.8 Å². The second-order valence-corrected chi connectivity index (χ2v) is 5.09. The Labute approximate surface area is 117 Å². The summed E-state index contributed by atoms with van der Waals surface area (Å²) < 4.78 is 10.3. The molecule has 1 aliphatic heterocycles. The molecule has 1 fully saturated rings. The summed E-state index contributed by atoms with van der Waals surface area (Å²) >= 11 is 0. The fourth-order valence-electron chi connectivity index (χ4n) is 2.52. The van der Waals surface area contributed by atoms with Crippen LogP contribution in [0, 0.1) is 6.92 Å². The van der Waals surface area contributed by atoms with E-state index in [1.54, 1.807) is 25.1 Å². The Balaban J connectivity index is 2.33. The van der Waals surface area contributed by atoms with Crippen LogP contribution in [0.25, 0.3) is 0 Å². The van der Waals surface area contributed by atoms with Crippen LogP contribution in [0.5, 0.6) is 0 Å². The van der Waals surface area contributed by atoms with E-state index in [0.29, 0.717) is 19.8 Å². The minimum absolute atomic E-state index is 0.213. The third-order valence-electron chi connectivity index (χ3n) is 3.60. The van der Waals surface area contributed by atoms with Crippen LogP contribution in [0.1, 0.15) is 34.8 Å². The van der Waals surface area contributed by atoms with Gasteiger partial charge in [0.1, 0.15) is 0 Å². The van der Waals surface area contributed by atoms with E-state index in [1.807, 2.05) is 6.92 Å². The van der Waals surface area contributed by atoms with Crippen LogP contribution >= 0.6 is 0 Å². The lowest BCUT2D eigenvalue weighted by molar-refractivity contribution is -0.151. The lowest BCUT2D eigenvalue weighted by atomic mass is 9.73. The van der Waals surface area contributed by atoms with E-state index in [1.165, 1.54) is 0 Å². The highest BCUT2D eigenvalue weighted by Gasteiger charge is 2.43. The van der Waals surface area contributed by atoms with Crippen LogP contribution in [0.15, 0.2) is 18.2 Å². The van der Waals surface area contributed by atoms with Gasteiger partial charge in [0.05, 0.1) is 37.2 Å². The molecule has 0 amide bonds. The van der Waals surface area contributed by atoms with Crippen LogP contribution in [0.4, 0.5) is 0 Å². The summed E-state index contributed by atoms with van der Waals surface area (Å²) in [4.78, 5) is 22.9. The summed E-state index contributed by atoms with van der Waals surface area (Å²) in [6, 6.07) is 4.97. The SMILES string of the molecule is CCOC(=O)CC1(c2cc(C(=O)O)ccc2C)COC1. The molecule has 0 unspecified atom stereocenters. The van der Waals surface area contributed by atoms with Gasteiger partial charge in [0.2, 0.25) is 0 Å². The summed E-state index contributed by atoms with van der Waals surface area (Å²) in [5, 5.41) is 9.10. The first kappa shape index (κ1) is 14.5. The summed E-state index contributed by atoms with van der Waals surface area (Å²) in [5.74, 6) is -1.26. The number of ether oxygens (including phenoxy) is 2. The number of esters is 1. The zero-order valence-electron chi connectivity index (χ0n) is 11.6. The van der Waals surface area contributed by atoms with Crippen LogP contribution < -0.4 is 0 Å². The maximum atomic E-state index is 11.8. The smallest absolute Gasteiger partial charge is 0.335 e. The van der Waals surface area contributed by atoms with Gasteiger partial charge in [-0.3, -0.25) is 4.79 Å². The van der Waals surface area contributed by atoms with E-state index in [0.717, 1.165) is 11.1 Å². The molecule has 0 saturated carbocycles. The highest BCUT2D eigenvalue weighted by atomic mass is 16.5. The van der Waals surface area contributed by atoms with Crippen LogP contribution in [-0.4, -0.2) is 36.9 Å². The van der Waals surface area contributed by atoms with Gasteiger partial charge in [-0.05, 0) is 37.1 Å². The summed E-state index contributed by atoms with van der Waals surface area (Å²) in [7, 11) is 0. The number of aromatic carboxylic acids is 1. The summed E-state index contributed by atoms with van der Waals surface area (Å²) in [6.07, 6.45) is 0.213. The van der Waals surface area contributed by atoms with Crippen molar-refractivity contribution in [1.29, 1.82) is 0 Å². The molecule has 1 aromatic carbocycles. The number of rotatable bonds is 5. The Bertz CT molecular complexity index is 531. The van der Waals surface area contributed by atoms with Gasteiger partial charge in [-0.25, -0.2) is 4.79 Å². The third-order valence-corrected chi connectivity index (χ3v) is 3.60. The molecule has 5 heteroatoms. The minimum atomic E-state index is -0.974. The summed E-state index contributed by atoms with van der Waals surface area (Å²) in [5.41, 5.74) is 1.59. The zero-order chi connectivity index (χ0) is 14.8. The molecule has 0 bridgehead atoms. The van der Waals surface area contributed by atoms with Crippen molar-refractivity contribution in [1.82, 2.24) is 0 Å². The van der Waals surface area contributed by atoms with E-state index in [9.17, 15) is 9.59 Å². The molecule has 1 N–H and O–H groups in total. The van der Waals surface area contributed by atoms with Crippen molar-refractivity contribution in [2.45, 2.75) is 25.7 Å². The van der Waals surface area contributed by atoms with Gasteiger partial charge in [0.15, 0.2) is 0 Å². The Morgan fingerprint density at radius 1 is 1.40 bits per heavy atom. The molecule has 0 radical (unpaired) electrons. The largest absolute Gasteiger partial charge is 0.478 e. The molecule has 1 aliphatic rings.